The average Bonchev–Trinajstić information content (AvgIpc) is 3.25. The minimum atomic E-state index is -3.85. The van der Waals surface area contributed by atoms with Crippen molar-refractivity contribution in [2.24, 2.45) is 5.92 Å². The molecule has 0 bridgehead atoms. The first-order valence-electron chi connectivity index (χ1n) is 10.3. The fourth-order valence-corrected chi connectivity index (χ4v) is 5.08. The van der Waals surface area contributed by atoms with Gasteiger partial charge in [-0.15, -0.1) is 11.3 Å². The van der Waals surface area contributed by atoms with E-state index in [1.54, 1.807) is 32.0 Å². The van der Waals surface area contributed by atoms with Gasteiger partial charge in [-0.2, -0.15) is 4.72 Å². The van der Waals surface area contributed by atoms with Gasteiger partial charge in [-0.05, 0) is 23.6 Å². The Morgan fingerprint density at radius 3 is 2.30 bits per heavy atom. The van der Waals surface area contributed by atoms with Crippen molar-refractivity contribution in [3.05, 3.63) is 65.5 Å². The second-order valence-corrected chi connectivity index (χ2v) is 10.4. The van der Waals surface area contributed by atoms with Crippen molar-refractivity contribution in [2.45, 2.75) is 38.3 Å². The summed E-state index contributed by atoms with van der Waals surface area (Å²) in [5.74, 6) is -0.847. The van der Waals surface area contributed by atoms with Crippen molar-refractivity contribution in [1.82, 2.24) is 15.0 Å². The molecule has 3 rings (SSSR count). The summed E-state index contributed by atoms with van der Waals surface area (Å²) in [4.78, 5) is 28.5. The highest BCUT2D eigenvalue weighted by molar-refractivity contribution is 7.89. The second kappa shape index (κ2) is 10.7. The van der Waals surface area contributed by atoms with Crippen molar-refractivity contribution in [3.63, 3.8) is 0 Å². The Balaban J connectivity index is 1.68. The van der Waals surface area contributed by atoms with Gasteiger partial charge in [-0.3, -0.25) is 9.59 Å². The molecule has 2 amide bonds. The van der Waals surface area contributed by atoms with Crippen LogP contribution in [0.15, 0.2) is 64.9 Å². The molecule has 33 heavy (non-hydrogen) atoms. The molecule has 0 unspecified atom stereocenters. The van der Waals surface area contributed by atoms with E-state index in [2.05, 4.69) is 20.3 Å². The van der Waals surface area contributed by atoms with Crippen LogP contribution in [0.5, 0.6) is 0 Å². The zero-order valence-electron chi connectivity index (χ0n) is 18.5. The Kier molecular flexibility index (Phi) is 7.96. The summed E-state index contributed by atoms with van der Waals surface area (Å²) in [6, 6.07) is 14.6. The zero-order chi connectivity index (χ0) is 24.0. The smallest absolute Gasteiger partial charge is 0.244 e. The lowest BCUT2D eigenvalue weighted by Crippen LogP contribution is -2.47. The summed E-state index contributed by atoms with van der Waals surface area (Å²) in [5, 5.41) is 7.66. The lowest BCUT2D eigenvalue weighted by molar-refractivity contribution is -0.119. The number of nitrogens with one attached hydrogen (secondary N) is 3. The Morgan fingerprint density at radius 2 is 1.70 bits per heavy atom. The predicted molar refractivity (Wildman–Crippen MR) is 129 cm³/mol. The van der Waals surface area contributed by atoms with Crippen LogP contribution in [-0.2, 0) is 26.2 Å². The molecule has 0 spiro atoms. The molecule has 1 atom stereocenters. The van der Waals surface area contributed by atoms with Crippen LogP contribution in [0.2, 0.25) is 0 Å². The molecule has 174 valence electrons. The van der Waals surface area contributed by atoms with Crippen LogP contribution >= 0.6 is 11.3 Å². The highest BCUT2D eigenvalue weighted by Crippen LogP contribution is 2.25. The molecule has 0 aliphatic rings. The lowest BCUT2D eigenvalue weighted by Gasteiger charge is -2.21. The molecule has 0 aliphatic heterocycles. The van der Waals surface area contributed by atoms with E-state index in [1.165, 1.54) is 30.4 Å². The molecule has 0 radical (unpaired) electrons. The van der Waals surface area contributed by atoms with Gasteiger partial charge in [0.05, 0.1) is 10.6 Å². The summed E-state index contributed by atoms with van der Waals surface area (Å²) in [7, 11) is -3.85. The minimum Gasteiger partial charge on any atom is -0.352 e. The molecule has 8 nitrogen and oxygen atoms in total. The number of hydrogen-bond acceptors (Lipinski definition) is 6. The van der Waals surface area contributed by atoms with E-state index in [0.29, 0.717) is 17.4 Å². The van der Waals surface area contributed by atoms with E-state index in [9.17, 15) is 18.0 Å². The molecule has 0 saturated carbocycles. The fraction of sp³-hybridized carbons (Fsp3) is 0.261. The van der Waals surface area contributed by atoms with E-state index in [1.807, 2.05) is 29.6 Å². The Bertz CT molecular complexity index is 1210. The highest BCUT2D eigenvalue weighted by atomic mass is 32.2. The van der Waals surface area contributed by atoms with Gasteiger partial charge in [0, 0.05) is 24.4 Å². The van der Waals surface area contributed by atoms with Crippen LogP contribution in [-0.4, -0.2) is 31.3 Å². The first-order chi connectivity index (χ1) is 15.7. The largest absolute Gasteiger partial charge is 0.352 e. The van der Waals surface area contributed by atoms with Crippen LogP contribution in [0.25, 0.3) is 11.3 Å². The maximum Gasteiger partial charge on any atom is 0.244 e. The molecule has 0 aliphatic carbocycles. The molecule has 0 saturated heterocycles. The van der Waals surface area contributed by atoms with E-state index in [4.69, 9.17) is 0 Å². The first-order valence-corrected chi connectivity index (χ1v) is 12.7. The van der Waals surface area contributed by atoms with Gasteiger partial charge in [0.25, 0.3) is 0 Å². The lowest BCUT2D eigenvalue weighted by atomic mass is 10.1. The molecular formula is C23H26N4O4S2. The number of thiazole rings is 1. The monoisotopic (exact) mass is 486 g/mol. The SMILES string of the molecule is CC(=O)NCc1ccc(-c2csc(NC(=O)[C@@H](NS(=O)(=O)c3ccccc3)C(C)C)n2)cc1. The topological polar surface area (TPSA) is 117 Å². The van der Waals surface area contributed by atoms with Crippen molar-refractivity contribution < 1.29 is 18.0 Å². The maximum atomic E-state index is 12.9. The van der Waals surface area contributed by atoms with E-state index in [0.717, 1.165) is 11.1 Å². The van der Waals surface area contributed by atoms with E-state index < -0.39 is 22.0 Å². The number of benzene rings is 2. The molecule has 0 fully saturated rings. The Morgan fingerprint density at radius 1 is 1.03 bits per heavy atom. The molecule has 3 N–H and O–H groups in total. The summed E-state index contributed by atoms with van der Waals surface area (Å²) >= 11 is 1.26. The van der Waals surface area contributed by atoms with Gasteiger partial charge in [0.2, 0.25) is 21.8 Å². The number of hydrogen-bond donors (Lipinski definition) is 3. The fourth-order valence-electron chi connectivity index (χ4n) is 2.99. The van der Waals surface area contributed by atoms with Crippen LogP contribution in [0.3, 0.4) is 0 Å². The number of carbonyl (C=O) groups excluding carboxylic acids is 2. The van der Waals surface area contributed by atoms with Gasteiger partial charge in [-0.25, -0.2) is 13.4 Å². The molecule has 2 aromatic carbocycles. The summed E-state index contributed by atoms with van der Waals surface area (Å²) < 4.78 is 27.9. The number of carbonyl (C=O) groups is 2. The van der Waals surface area contributed by atoms with E-state index >= 15 is 0 Å². The summed E-state index contributed by atoms with van der Waals surface area (Å²) in [6.07, 6.45) is 0. The normalized spacial score (nSPS) is 12.4. The van der Waals surface area contributed by atoms with E-state index in [-0.39, 0.29) is 16.7 Å². The number of amides is 2. The third-order valence-electron chi connectivity index (χ3n) is 4.81. The molecule has 1 heterocycles. The van der Waals surface area contributed by atoms with Crippen LogP contribution in [0.4, 0.5) is 5.13 Å². The van der Waals surface area contributed by atoms with Crippen molar-refractivity contribution in [1.29, 1.82) is 0 Å². The molecule has 10 heteroatoms. The second-order valence-electron chi connectivity index (χ2n) is 7.79. The van der Waals surface area contributed by atoms with Gasteiger partial charge < -0.3 is 10.6 Å². The maximum absolute atomic E-state index is 12.9. The average molecular weight is 487 g/mol. The third-order valence-corrected chi connectivity index (χ3v) is 7.02. The first kappa shape index (κ1) is 24.6. The number of anilines is 1. The van der Waals surface area contributed by atoms with Crippen molar-refractivity contribution in [2.75, 3.05) is 5.32 Å². The molecule has 1 aromatic heterocycles. The summed E-state index contributed by atoms with van der Waals surface area (Å²) in [6.45, 7) is 5.46. The molecule has 3 aromatic rings. The van der Waals surface area contributed by atoms with Gasteiger partial charge in [0.15, 0.2) is 5.13 Å². The standard InChI is InChI=1S/C23H26N4O4S2/c1-15(2)21(27-33(30,31)19-7-5-4-6-8-19)22(29)26-23-25-20(14-32-23)18-11-9-17(10-12-18)13-24-16(3)28/h4-12,14-15,21,27H,13H2,1-3H3,(H,24,28)(H,25,26,29)/t21-/m0/s1. The van der Waals surface area contributed by atoms with Gasteiger partial charge in [-0.1, -0.05) is 56.3 Å². The number of nitrogens with zero attached hydrogens (tertiary/aromatic N) is 1. The quantitative estimate of drug-likeness (QED) is 0.429. The van der Waals surface area contributed by atoms with Crippen LogP contribution in [0, 0.1) is 5.92 Å². The van der Waals surface area contributed by atoms with Crippen molar-refractivity contribution >= 4 is 38.3 Å². The zero-order valence-corrected chi connectivity index (χ0v) is 20.2. The molecular weight excluding hydrogens is 460 g/mol. The Hall–Kier alpha value is -3.08. The number of rotatable bonds is 9. The summed E-state index contributed by atoms with van der Waals surface area (Å²) in [5.41, 5.74) is 2.51. The minimum absolute atomic E-state index is 0.0929. The van der Waals surface area contributed by atoms with Crippen LogP contribution in [0.1, 0.15) is 26.3 Å². The number of aromatic nitrogens is 1. The Labute approximate surface area is 197 Å². The predicted octanol–water partition coefficient (Wildman–Crippen LogP) is 3.39. The van der Waals surface area contributed by atoms with Gasteiger partial charge in [0.1, 0.15) is 6.04 Å². The number of sulfonamides is 1. The van der Waals surface area contributed by atoms with Crippen LogP contribution < -0.4 is 15.4 Å². The third kappa shape index (κ3) is 6.70. The van der Waals surface area contributed by atoms with Crippen molar-refractivity contribution in [3.8, 4) is 11.3 Å². The van der Waals surface area contributed by atoms with Gasteiger partial charge >= 0.3 is 0 Å². The highest BCUT2D eigenvalue weighted by Gasteiger charge is 2.29.